The Balaban J connectivity index is 0.000000292. The molecule has 1 rings (SSSR count). The van der Waals surface area contributed by atoms with E-state index in [0.717, 1.165) is 0 Å². The number of halogens is 2. The van der Waals surface area contributed by atoms with Crippen LogP contribution in [0.1, 0.15) is 11.1 Å². The molecule has 0 amide bonds. The lowest BCUT2D eigenvalue weighted by molar-refractivity contribution is 1.39. The van der Waals surface area contributed by atoms with Gasteiger partial charge in [-0.15, -0.1) is 0 Å². The fourth-order valence-electron chi connectivity index (χ4n) is 0.807. The number of aryl methyl sites for hydroxylation is 2. The third kappa shape index (κ3) is 6.62. The highest BCUT2D eigenvalue weighted by molar-refractivity contribution is 7.90. The predicted molar refractivity (Wildman–Crippen MR) is 54.5 cm³/mol. The molecule has 0 aromatic heterocycles. The van der Waals surface area contributed by atoms with Crippen LogP contribution in [0.4, 0.5) is 0 Å². The number of rotatable bonds is 0. The minimum absolute atomic E-state index is 0.361. The quantitative estimate of drug-likeness (QED) is 0.549. The van der Waals surface area contributed by atoms with E-state index in [4.69, 9.17) is 22.5 Å². The Kier molecular flexibility index (Phi) is 7.06. The fraction of sp³-hybridized carbons (Fsp3) is 0.250. The van der Waals surface area contributed by atoms with Crippen LogP contribution in [0.3, 0.4) is 0 Å². The lowest BCUT2D eigenvalue weighted by Crippen LogP contribution is -1.71. The molecular weight excluding hydrogens is 198 g/mol. The molecule has 0 heterocycles. The van der Waals surface area contributed by atoms with Crippen molar-refractivity contribution < 1.29 is 0 Å². The maximum Gasteiger partial charge on any atom is 0.141 e. The lowest BCUT2D eigenvalue weighted by atomic mass is 10.2. The topological polar surface area (TPSA) is 0 Å². The van der Waals surface area contributed by atoms with E-state index >= 15 is 0 Å². The molecule has 0 N–H and O–H groups in total. The molecule has 0 nitrogen and oxygen atoms in total. The number of hydrogen-bond acceptors (Lipinski definition) is 0. The van der Waals surface area contributed by atoms with Gasteiger partial charge in [0.25, 0.3) is 0 Å². The summed E-state index contributed by atoms with van der Waals surface area (Å²) in [6, 6.07) is 8.45. The Morgan fingerprint density at radius 3 is 1.64 bits per heavy atom. The van der Waals surface area contributed by atoms with Crippen LogP contribution in [-0.4, -0.2) is 0 Å². The second-order valence-corrected chi connectivity index (χ2v) is 3.88. The van der Waals surface area contributed by atoms with Crippen LogP contribution >= 0.6 is 29.8 Å². The summed E-state index contributed by atoms with van der Waals surface area (Å²) < 4.78 is 0. The van der Waals surface area contributed by atoms with E-state index in [1.807, 2.05) is 0 Å². The average Bonchev–Trinajstić information content (AvgIpc) is 1.88. The van der Waals surface area contributed by atoms with Crippen LogP contribution in [0, 0.1) is 13.8 Å². The second kappa shape index (κ2) is 6.91. The molecule has 0 saturated carbocycles. The first kappa shape index (κ1) is 11.2. The monoisotopic (exact) mass is 207 g/mol. The van der Waals surface area contributed by atoms with Crippen LogP contribution in [0.25, 0.3) is 0 Å². The standard InChI is InChI=1S/C8H10.Cl2P/c1-7-4-3-5-8(2)6-7;1-3-2/h3-6H,1-2H3;. The molecule has 0 aliphatic carbocycles. The normalized spacial score (nSPS) is 8.36. The molecule has 11 heavy (non-hydrogen) atoms. The van der Waals surface area contributed by atoms with Crippen LogP contribution in [0.15, 0.2) is 24.3 Å². The Bertz CT molecular complexity index is 184. The molecule has 1 aromatic carbocycles. The highest BCUT2D eigenvalue weighted by Crippen LogP contribution is 2.19. The zero-order chi connectivity index (χ0) is 8.69. The molecule has 0 saturated heterocycles. The van der Waals surface area contributed by atoms with Gasteiger partial charge in [0.1, 0.15) is 7.29 Å². The van der Waals surface area contributed by atoms with Gasteiger partial charge < -0.3 is 0 Å². The zero-order valence-electron chi connectivity index (χ0n) is 6.51. The third-order valence-corrected chi connectivity index (χ3v) is 1.17. The van der Waals surface area contributed by atoms with Crippen molar-refractivity contribution in [3.63, 3.8) is 0 Å². The number of hydrogen-bond donors (Lipinski definition) is 0. The maximum atomic E-state index is 4.74. The number of benzene rings is 1. The van der Waals surface area contributed by atoms with E-state index in [1.165, 1.54) is 11.1 Å². The molecule has 0 spiro atoms. The zero-order valence-corrected chi connectivity index (χ0v) is 8.92. The van der Waals surface area contributed by atoms with Crippen molar-refractivity contribution in [2.75, 3.05) is 0 Å². The Hall–Kier alpha value is 0.230. The first-order chi connectivity index (χ1) is 5.20. The molecule has 1 aromatic rings. The SMILES string of the molecule is Cc1cccc(C)c1.Cl[P]Cl. The summed E-state index contributed by atoms with van der Waals surface area (Å²) in [4.78, 5) is 0. The highest BCUT2D eigenvalue weighted by atomic mass is 35.9. The largest absolute Gasteiger partial charge is 0.141 e. The van der Waals surface area contributed by atoms with Gasteiger partial charge in [0, 0.05) is 0 Å². The van der Waals surface area contributed by atoms with Crippen LogP contribution in [-0.2, 0) is 0 Å². The van der Waals surface area contributed by atoms with Gasteiger partial charge in [0.15, 0.2) is 0 Å². The van der Waals surface area contributed by atoms with Gasteiger partial charge in [0.2, 0.25) is 0 Å². The first-order valence-corrected chi connectivity index (χ1v) is 5.86. The van der Waals surface area contributed by atoms with E-state index in [0.29, 0.717) is 7.29 Å². The molecule has 61 valence electrons. The van der Waals surface area contributed by atoms with Crippen LogP contribution < -0.4 is 0 Å². The van der Waals surface area contributed by atoms with E-state index < -0.39 is 0 Å². The summed E-state index contributed by atoms with van der Waals surface area (Å²) in [5.74, 6) is 0. The molecule has 0 aliphatic rings. The van der Waals surface area contributed by atoms with Gasteiger partial charge in [-0.2, -0.15) is 0 Å². The van der Waals surface area contributed by atoms with Gasteiger partial charge in [-0.3, -0.25) is 0 Å². The van der Waals surface area contributed by atoms with Crippen molar-refractivity contribution in [3.05, 3.63) is 35.4 Å². The second-order valence-electron chi connectivity index (χ2n) is 2.22. The van der Waals surface area contributed by atoms with E-state index in [1.54, 1.807) is 0 Å². The van der Waals surface area contributed by atoms with Gasteiger partial charge >= 0.3 is 0 Å². The smallest absolute Gasteiger partial charge is 0.0704 e. The van der Waals surface area contributed by atoms with E-state index in [-0.39, 0.29) is 0 Å². The molecule has 0 unspecified atom stereocenters. The Morgan fingerprint density at radius 2 is 1.45 bits per heavy atom. The Labute approximate surface area is 79.3 Å². The minimum Gasteiger partial charge on any atom is -0.0704 e. The predicted octanol–water partition coefficient (Wildman–Crippen LogP) is 4.54. The van der Waals surface area contributed by atoms with Crippen molar-refractivity contribution in [3.8, 4) is 0 Å². The van der Waals surface area contributed by atoms with Gasteiger partial charge in [-0.05, 0) is 13.8 Å². The van der Waals surface area contributed by atoms with Crippen molar-refractivity contribution in [1.82, 2.24) is 0 Å². The van der Waals surface area contributed by atoms with Gasteiger partial charge in [-0.25, -0.2) is 0 Å². The fourth-order valence-corrected chi connectivity index (χ4v) is 0.807. The summed E-state index contributed by atoms with van der Waals surface area (Å²) in [6.45, 7) is 4.21. The lowest BCUT2D eigenvalue weighted by Gasteiger charge is -1.90. The minimum atomic E-state index is 0.361. The summed E-state index contributed by atoms with van der Waals surface area (Å²) >= 11 is 9.47. The molecule has 1 radical (unpaired) electrons. The summed E-state index contributed by atoms with van der Waals surface area (Å²) in [7, 11) is 0.361. The van der Waals surface area contributed by atoms with Crippen LogP contribution in [0.5, 0.6) is 0 Å². The third-order valence-electron chi connectivity index (χ3n) is 1.17. The van der Waals surface area contributed by atoms with Crippen molar-refractivity contribution in [2.24, 2.45) is 0 Å². The average molecular weight is 208 g/mol. The van der Waals surface area contributed by atoms with Gasteiger partial charge in [-0.1, -0.05) is 57.9 Å². The Morgan fingerprint density at radius 1 is 1.09 bits per heavy atom. The van der Waals surface area contributed by atoms with Crippen LogP contribution in [0.2, 0.25) is 0 Å². The van der Waals surface area contributed by atoms with E-state index in [2.05, 4.69) is 38.1 Å². The maximum absolute atomic E-state index is 4.74. The molecule has 3 heteroatoms. The molecule has 0 aliphatic heterocycles. The van der Waals surface area contributed by atoms with Crippen molar-refractivity contribution >= 4 is 29.8 Å². The summed E-state index contributed by atoms with van der Waals surface area (Å²) in [5, 5.41) is 0. The highest BCUT2D eigenvalue weighted by Gasteiger charge is 1.80. The van der Waals surface area contributed by atoms with Crippen molar-refractivity contribution in [1.29, 1.82) is 0 Å². The molecule has 0 bridgehead atoms. The first-order valence-electron chi connectivity index (χ1n) is 3.16. The summed E-state index contributed by atoms with van der Waals surface area (Å²) in [6.07, 6.45) is 0. The molecule has 0 atom stereocenters. The molecular formula is C8H10Cl2P. The van der Waals surface area contributed by atoms with E-state index in [9.17, 15) is 0 Å². The summed E-state index contributed by atoms with van der Waals surface area (Å²) in [5.41, 5.74) is 2.68. The molecule has 0 fully saturated rings. The van der Waals surface area contributed by atoms with Crippen molar-refractivity contribution in [2.45, 2.75) is 13.8 Å². The van der Waals surface area contributed by atoms with Gasteiger partial charge in [0.05, 0.1) is 0 Å².